The summed E-state index contributed by atoms with van der Waals surface area (Å²) in [4.78, 5) is 10.8. The summed E-state index contributed by atoms with van der Waals surface area (Å²) in [5.41, 5.74) is 1.24. The molecule has 0 spiro atoms. The maximum Gasteiger partial charge on any atom is 0.329 e. The van der Waals surface area contributed by atoms with Crippen molar-refractivity contribution in [2.45, 2.75) is 31.3 Å². The van der Waals surface area contributed by atoms with Gasteiger partial charge in [-0.2, -0.15) is 4.31 Å². The van der Waals surface area contributed by atoms with Crippen LogP contribution in [0, 0.1) is 13.8 Å². The smallest absolute Gasteiger partial charge is 0.329 e. The molecule has 0 aliphatic carbocycles. The summed E-state index contributed by atoms with van der Waals surface area (Å²) < 4.78 is 37.4. The Morgan fingerprint density at radius 3 is 2.48 bits per heavy atom. The molecule has 1 aliphatic heterocycles. The lowest BCUT2D eigenvalue weighted by atomic mass is 10.1. The van der Waals surface area contributed by atoms with E-state index in [0.29, 0.717) is 29.8 Å². The normalized spacial score (nSPS) is 19.0. The van der Waals surface area contributed by atoms with Gasteiger partial charge >= 0.3 is 5.97 Å². The highest BCUT2D eigenvalue weighted by atomic mass is 32.2. The fourth-order valence-corrected chi connectivity index (χ4v) is 4.70. The minimum Gasteiger partial charge on any atom is -0.497 e. The molecule has 1 fully saturated rings. The zero-order valence-corrected chi connectivity index (χ0v) is 14.2. The number of sulfonamides is 1. The first-order chi connectivity index (χ1) is 10.8. The largest absolute Gasteiger partial charge is 0.497 e. The van der Waals surface area contributed by atoms with E-state index in [1.807, 2.05) is 0 Å². The second-order valence-corrected chi connectivity index (χ2v) is 7.44. The maximum absolute atomic E-state index is 12.9. The number of aryl methyl sites for hydroxylation is 2. The van der Waals surface area contributed by atoms with Crippen LogP contribution in [0.2, 0.25) is 0 Å². The van der Waals surface area contributed by atoms with E-state index in [0.717, 1.165) is 0 Å². The summed E-state index contributed by atoms with van der Waals surface area (Å²) in [5, 5.41) is 8.63. The molecule has 1 aromatic carbocycles. The molecule has 0 radical (unpaired) electrons. The minimum atomic E-state index is -3.65. The van der Waals surface area contributed by atoms with E-state index in [4.69, 9.17) is 14.6 Å². The van der Waals surface area contributed by atoms with Crippen LogP contribution in [-0.2, 0) is 19.6 Å². The maximum atomic E-state index is 12.9. The molecule has 8 heteroatoms. The summed E-state index contributed by atoms with van der Waals surface area (Å²) in [5.74, 6) is -0.448. The van der Waals surface area contributed by atoms with Crippen molar-refractivity contribution in [1.29, 1.82) is 0 Å². The average molecular weight is 343 g/mol. The van der Waals surface area contributed by atoms with Gasteiger partial charge in [0.1, 0.15) is 12.4 Å². The molecule has 1 N–H and O–H groups in total. The number of carboxylic acid groups (broad SMARTS) is 1. The zero-order valence-electron chi connectivity index (χ0n) is 13.4. The summed E-state index contributed by atoms with van der Waals surface area (Å²) >= 11 is 0. The van der Waals surface area contributed by atoms with E-state index >= 15 is 0 Å². The molecule has 1 aromatic rings. The van der Waals surface area contributed by atoms with Crippen LogP contribution in [0.3, 0.4) is 0 Å². The molecule has 0 aromatic heterocycles. The van der Waals surface area contributed by atoms with Crippen LogP contribution >= 0.6 is 0 Å². The van der Waals surface area contributed by atoms with Crippen molar-refractivity contribution in [2.75, 3.05) is 26.8 Å². The molecule has 1 unspecified atom stereocenters. The van der Waals surface area contributed by atoms with Gasteiger partial charge in [-0.1, -0.05) is 0 Å². The highest BCUT2D eigenvalue weighted by Crippen LogP contribution is 2.30. The van der Waals surface area contributed by atoms with Crippen molar-refractivity contribution in [3.8, 4) is 5.75 Å². The lowest BCUT2D eigenvalue weighted by Crippen LogP contribution is -2.31. The van der Waals surface area contributed by atoms with Crippen molar-refractivity contribution in [3.05, 3.63) is 23.3 Å². The molecule has 128 valence electrons. The molecule has 0 amide bonds. The van der Waals surface area contributed by atoms with Gasteiger partial charge in [-0.3, -0.25) is 0 Å². The number of ether oxygens (including phenoxy) is 2. The number of hydrogen-bond acceptors (Lipinski definition) is 5. The molecule has 1 aliphatic rings. The average Bonchev–Trinajstić information content (AvgIpc) is 2.93. The summed E-state index contributed by atoms with van der Waals surface area (Å²) in [7, 11) is -2.11. The van der Waals surface area contributed by atoms with Crippen LogP contribution in [0.4, 0.5) is 0 Å². The van der Waals surface area contributed by atoms with Crippen molar-refractivity contribution in [3.63, 3.8) is 0 Å². The van der Waals surface area contributed by atoms with Gasteiger partial charge in [0.05, 0.1) is 18.1 Å². The van der Waals surface area contributed by atoms with Gasteiger partial charge in [-0.25, -0.2) is 13.2 Å². The monoisotopic (exact) mass is 343 g/mol. The molecule has 0 bridgehead atoms. The summed E-state index contributed by atoms with van der Waals surface area (Å²) in [6, 6.07) is 3.38. The third-order valence-electron chi connectivity index (χ3n) is 3.82. The van der Waals surface area contributed by atoms with Crippen molar-refractivity contribution >= 4 is 16.0 Å². The Labute approximate surface area is 135 Å². The van der Waals surface area contributed by atoms with Gasteiger partial charge < -0.3 is 14.6 Å². The standard InChI is InChI=1S/C15H21NO6S/c1-10-6-13(21-3)7-11(2)15(10)23(19,20)16-5-4-12(8-16)22-9-14(17)18/h6-7,12H,4-5,8-9H2,1-3H3,(H,17,18). The predicted octanol–water partition coefficient (Wildman–Crippen LogP) is 1.18. The Morgan fingerprint density at radius 2 is 1.96 bits per heavy atom. The van der Waals surface area contributed by atoms with Gasteiger partial charge in [0.2, 0.25) is 10.0 Å². The van der Waals surface area contributed by atoms with E-state index < -0.39 is 22.6 Å². The Balaban J connectivity index is 2.22. The van der Waals surface area contributed by atoms with E-state index in [1.165, 1.54) is 11.4 Å². The SMILES string of the molecule is COc1cc(C)c(S(=O)(=O)N2CCC(OCC(=O)O)C2)c(C)c1. The molecule has 1 heterocycles. The number of carboxylic acids is 1. The van der Waals surface area contributed by atoms with Gasteiger partial charge in [-0.05, 0) is 43.5 Å². The molecule has 2 rings (SSSR count). The Kier molecular flexibility index (Phi) is 5.28. The van der Waals surface area contributed by atoms with Crippen LogP contribution in [0.25, 0.3) is 0 Å². The fourth-order valence-electron chi connectivity index (χ4n) is 2.81. The van der Waals surface area contributed by atoms with E-state index in [2.05, 4.69) is 0 Å². The first-order valence-electron chi connectivity index (χ1n) is 7.24. The third-order valence-corrected chi connectivity index (χ3v) is 5.99. The first kappa shape index (κ1) is 17.7. The second kappa shape index (κ2) is 6.86. The lowest BCUT2D eigenvalue weighted by Gasteiger charge is -2.20. The van der Waals surface area contributed by atoms with Crippen LogP contribution in [0.5, 0.6) is 5.75 Å². The van der Waals surface area contributed by atoms with E-state index in [1.54, 1.807) is 26.0 Å². The van der Waals surface area contributed by atoms with Gasteiger partial charge in [0.15, 0.2) is 0 Å². The van der Waals surface area contributed by atoms with Crippen molar-refractivity contribution < 1.29 is 27.8 Å². The van der Waals surface area contributed by atoms with E-state index in [-0.39, 0.29) is 17.5 Å². The van der Waals surface area contributed by atoms with Gasteiger partial charge in [0, 0.05) is 13.1 Å². The third kappa shape index (κ3) is 3.82. The molecule has 23 heavy (non-hydrogen) atoms. The molecule has 1 saturated heterocycles. The Hall–Kier alpha value is -1.64. The van der Waals surface area contributed by atoms with Crippen LogP contribution < -0.4 is 4.74 Å². The number of benzene rings is 1. The number of nitrogens with zero attached hydrogens (tertiary/aromatic N) is 1. The topological polar surface area (TPSA) is 93.1 Å². The Morgan fingerprint density at radius 1 is 1.35 bits per heavy atom. The molecule has 7 nitrogen and oxygen atoms in total. The van der Waals surface area contributed by atoms with Crippen LogP contribution in [-0.4, -0.2) is 56.7 Å². The second-order valence-electron chi connectivity index (χ2n) is 5.57. The summed E-state index contributed by atoms with van der Waals surface area (Å²) in [6.45, 7) is 3.53. The van der Waals surface area contributed by atoms with Crippen LogP contribution in [0.15, 0.2) is 17.0 Å². The van der Waals surface area contributed by atoms with Gasteiger partial charge in [0.25, 0.3) is 0 Å². The minimum absolute atomic E-state index is 0.167. The Bertz CT molecular complexity index is 677. The number of carbonyl (C=O) groups is 1. The molecular formula is C15H21NO6S. The van der Waals surface area contributed by atoms with Crippen LogP contribution in [0.1, 0.15) is 17.5 Å². The number of aliphatic carboxylic acids is 1. The number of rotatable bonds is 6. The van der Waals surface area contributed by atoms with Gasteiger partial charge in [-0.15, -0.1) is 0 Å². The molecule has 1 atom stereocenters. The van der Waals surface area contributed by atoms with Crippen molar-refractivity contribution in [1.82, 2.24) is 4.31 Å². The lowest BCUT2D eigenvalue weighted by molar-refractivity contribution is -0.144. The quantitative estimate of drug-likeness (QED) is 0.833. The van der Waals surface area contributed by atoms with Crippen molar-refractivity contribution in [2.24, 2.45) is 0 Å². The number of methoxy groups -OCH3 is 1. The molecular weight excluding hydrogens is 322 g/mol. The van der Waals surface area contributed by atoms with E-state index in [9.17, 15) is 13.2 Å². The highest BCUT2D eigenvalue weighted by molar-refractivity contribution is 7.89. The molecule has 0 saturated carbocycles. The zero-order chi connectivity index (χ0) is 17.2. The summed E-state index contributed by atoms with van der Waals surface area (Å²) in [6.07, 6.45) is 0.0977. The number of hydrogen-bond donors (Lipinski definition) is 1. The predicted molar refractivity (Wildman–Crippen MR) is 83.2 cm³/mol. The fraction of sp³-hybridized carbons (Fsp3) is 0.533. The first-order valence-corrected chi connectivity index (χ1v) is 8.68. The highest BCUT2D eigenvalue weighted by Gasteiger charge is 2.35.